The van der Waals surface area contributed by atoms with E-state index in [-0.39, 0.29) is 12.1 Å². The van der Waals surface area contributed by atoms with Crippen molar-refractivity contribution in [3.63, 3.8) is 0 Å². The Hall–Kier alpha value is -1.63. The normalized spacial score (nSPS) is 11.7. The minimum absolute atomic E-state index is 0.0363. The minimum Gasteiger partial charge on any atom is -0.294 e. The maximum Gasteiger partial charge on any atom is 0.416 e. The molecule has 0 atom stereocenters. The molecule has 0 N–H and O–H groups in total. The van der Waals surface area contributed by atoms with Gasteiger partial charge in [0.15, 0.2) is 0 Å². The predicted octanol–water partition coefficient (Wildman–Crippen LogP) is 3.38. The summed E-state index contributed by atoms with van der Waals surface area (Å²) in [6.45, 7) is 1.70. The first-order valence-electron chi connectivity index (χ1n) is 5.66. The molecule has 2 rings (SSSR count). The highest BCUT2D eigenvalue weighted by Crippen LogP contribution is 2.29. The van der Waals surface area contributed by atoms with Gasteiger partial charge in [0.1, 0.15) is 4.47 Å². The van der Waals surface area contributed by atoms with Crippen LogP contribution in [0.2, 0.25) is 0 Å². The van der Waals surface area contributed by atoms with E-state index in [1.807, 2.05) is 0 Å². The summed E-state index contributed by atoms with van der Waals surface area (Å²) >= 11 is 3.11. The molecule has 0 spiro atoms. The summed E-state index contributed by atoms with van der Waals surface area (Å²) in [4.78, 5) is 15.9. The first kappa shape index (κ1) is 14.8. The van der Waals surface area contributed by atoms with Crippen LogP contribution < -0.4 is 5.56 Å². The average molecular weight is 347 g/mol. The highest BCUT2D eigenvalue weighted by atomic mass is 79.9. The first-order valence-corrected chi connectivity index (χ1v) is 6.46. The fraction of sp³-hybridized carbons (Fsp3) is 0.231. The van der Waals surface area contributed by atoms with Gasteiger partial charge in [0.2, 0.25) is 0 Å². The Morgan fingerprint density at radius 3 is 2.70 bits per heavy atom. The zero-order valence-corrected chi connectivity index (χ0v) is 12.0. The zero-order valence-electron chi connectivity index (χ0n) is 10.4. The van der Waals surface area contributed by atoms with Crippen molar-refractivity contribution in [3.05, 3.63) is 62.2 Å². The third-order valence-corrected chi connectivity index (χ3v) is 3.68. The molecule has 2 aromatic rings. The Morgan fingerprint density at radius 1 is 1.35 bits per heavy atom. The molecule has 0 unspecified atom stereocenters. The van der Waals surface area contributed by atoms with Crippen LogP contribution in [0.3, 0.4) is 0 Å². The molecule has 0 aliphatic rings. The minimum atomic E-state index is -4.40. The second kappa shape index (κ2) is 5.40. The summed E-state index contributed by atoms with van der Waals surface area (Å²) < 4.78 is 39.4. The van der Waals surface area contributed by atoms with Crippen molar-refractivity contribution in [2.45, 2.75) is 19.6 Å². The van der Waals surface area contributed by atoms with E-state index in [0.717, 1.165) is 12.1 Å². The molecule has 7 heteroatoms. The smallest absolute Gasteiger partial charge is 0.294 e. The van der Waals surface area contributed by atoms with Gasteiger partial charge in [-0.15, -0.1) is 0 Å². The Labute approximate surface area is 121 Å². The molecule has 0 saturated carbocycles. The Kier molecular flexibility index (Phi) is 3.99. The highest BCUT2D eigenvalue weighted by molar-refractivity contribution is 9.10. The lowest BCUT2D eigenvalue weighted by Crippen LogP contribution is -2.22. The number of hydrogen-bond donors (Lipinski definition) is 0. The molecular weight excluding hydrogens is 337 g/mol. The molecule has 0 aliphatic heterocycles. The maximum absolute atomic E-state index is 12.6. The van der Waals surface area contributed by atoms with Gasteiger partial charge in [0.25, 0.3) is 5.56 Å². The highest BCUT2D eigenvalue weighted by Gasteiger charge is 2.30. The standard InChI is InChI=1S/C13H10BrF3N2O/c1-8-11(14)12(20)19(7-18-8)6-9-3-2-4-10(5-9)13(15,16)17/h2-5,7H,6H2,1H3. The quantitative estimate of drug-likeness (QED) is 0.835. The number of halogens is 4. The van der Waals surface area contributed by atoms with Crippen LogP contribution in [0.5, 0.6) is 0 Å². The van der Waals surface area contributed by atoms with Gasteiger partial charge in [-0.25, -0.2) is 4.98 Å². The predicted molar refractivity (Wildman–Crippen MR) is 71.5 cm³/mol. The lowest BCUT2D eigenvalue weighted by molar-refractivity contribution is -0.137. The van der Waals surface area contributed by atoms with Gasteiger partial charge in [0.05, 0.1) is 24.1 Å². The SMILES string of the molecule is Cc1ncn(Cc2cccc(C(F)(F)F)c2)c(=O)c1Br. The van der Waals surface area contributed by atoms with Crippen LogP contribution in [0.4, 0.5) is 13.2 Å². The van der Waals surface area contributed by atoms with Crippen molar-refractivity contribution >= 4 is 15.9 Å². The fourth-order valence-electron chi connectivity index (χ4n) is 1.70. The number of aryl methyl sites for hydroxylation is 1. The summed E-state index contributed by atoms with van der Waals surface area (Å²) in [7, 11) is 0. The van der Waals surface area contributed by atoms with E-state index in [1.165, 1.54) is 23.0 Å². The molecule has 106 valence electrons. The summed E-state index contributed by atoms with van der Waals surface area (Å²) in [5.41, 5.74) is -0.133. The van der Waals surface area contributed by atoms with Crippen molar-refractivity contribution in [3.8, 4) is 0 Å². The topological polar surface area (TPSA) is 34.9 Å². The van der Waals surface area contributed by atoms with Gasteiger partial charge >= 0.3 is 6.18 Å². The molecule has 1 aromatic heterocycles. The van der Waals surface area contributed by atoms with Crippen LogP contribution in [0.25, 0.3) is 0 Å². The van der Waals surface area contributed by atoms with E-state index >= 15 is 0 Å². The van der Waals surface area contributed by atoms with E-state index < -0.39 is 11.7 Å². The fourth-order valence-corrected chi connectivity index (χ4v) is 2.03. The number of nitrogens with zero attached hydrogens (tertiary/aromatic N) is 2. The second-order valence-corrected chi connectivity index (χ2v) is 5.07. The second-order valence-electron chi connectivity index (χ2n) is 4.28. The van der Waals surface area contributed by atoms with Gasteiger partial charge < -0.3 is 0 Å². The molecule has 0 bridgehead atoms. The van der Waals surface area contributed by atoms with Crippen LogP contribution in [0, 0.1) is 6.92 Å². The van der Waals surface area contributed by atoms with Gasteiger partial charge in [-0.1, -0.05) is 12.1 Å². The molecule has 1 aromatic carbocycles. The van der Waals surface area contributed by atoms with Gasteiger partial charge in [0, 0.05) is 0 Å². The van der Waals surface area contributed by atoms with Crippen LogP contribution in [-0.2, 0) is 12.7 Å². The van der Waals surface area contributed by atoms with Gasteiger partial charge in [-0.05, 0) is 40.5 Å². The van der Waals surface area contributed by atoms with Crippen molar-refractivity contribution in [1.82, 2.24) is 9.55 Å². The van der Waals surface area contributed by atoms with E-state index in [4.69, 9.17) is 0 Å². The molecule has 1 heterocycles. The largest absolute Gasteiger partial charge is 0.416 e. The third-order valence-electron chi connectivity index (χ3n) is 2.76. The lowest BCUT2D eigenvalue weighted by atomic mass is 10.1. The number of rotatable bonds is 2. The Morgan fingerprint density at radius 2 is 2.05 bits per heavy atom. The van der Waals surface area contributed by atoms with Crippen LogP contribution in [0.1, 0.15) is 16.8 Å². The molecule has 3 nitrogen and oxygen atoms in total. The van der Waals surface area contributed by atoms with E-state index in [1.54, 1.807) is 6.92 Å². The van der Waals surface area contributed by atoms with E-state index in [2.05, 4.69) is 20.9 Å². The van der Waals surface area contributed by atoms with Crippen LogP contribution >= 0.6 is 15.9 Å². The molecule has 0 radical (unpaired) electrons. The molecule has 0 saturated heterocycles. The average Bonchev–Trinajstić information content (AvgIpc) is 2.39. The van der Waals surface area contributed by atoms with Gasteiger partial charge in [-0.3, -0.25) is 9.36 Å². The molecule has 0 aliphatic carbocycles. The van der Waals surface area contributed by atoms with Crippen molar-refractivity contribution in [2.75, 3.05) is 0 Å². The van der Waals surface area contributed by atoms with Crippen LogP contribution in [0.15, 0.2) is 39.9 Å². The van der Waals surface area contributed by atoms with Crippen molar-refractivity contribution in [2.24, 2.45) is 0 Å². The molecule has 0 fully saturated rings. The maximum atomic E-state index is 12.6. The molecule has 20 heavy (non-hydrogen) atoms. The van der Waals surface area contributed by atoms with Crippen molar-refractivity contribution < 1.29 is 13.2 Å². The summed E-state index contributed by atoms with van der Waals surface area (Å²) in [6, 6.07) is 4.88. The van der Waals surface area contributed by atoms with Crippen LogP contribution in [-0.4, -0.2) is 9.55 Å². The number of hydrogen-bond acceptors (Lipinski definition) is 2. The Balaban J connectivity index is 2.36. The molecular formula is C13H10BrF3N2O. The van der Waals surface area contributed by atoms with Crippen molar-refractivity contribution in [1.29, 1.82) is 0 Å². The third kappa shape index (κ3) is 3.09. The first-order chi connectivity index (χ1) is 9.29. The van der Waals surface area contributed by atoms with E-state index in [0.29, 0.717) is 15.7 Å². The summed E-state index contributed by atoms with van der Waals surface area (Å²) in [5.74, 6) is 0. The monoisotopic (exact) mass is 346 g/mol. The Bertz CT molecular complexity index is 695. The summed E-state index contributed by atoms with van der Waals surface area (Å²) in [5, 5.41) is 0. The van der Waals surface area contributed by atoms with Gasteiger partial charge in [-0.2, -0.15) is 13.2 Å². The number of benzene rings is 1. The molecule has 0 amide bonds. The lowest BCUT2D eigenvalue weighted by Gasteiger charge is -2.10. The number of aromatic nitrogens is 2. The number of alkyl halides is 3. The summed E-state index contributed by atoms with van der Waals surface area (Å²) in [6.07, 6.45) is -3.07. The van der Waals surface area contributed by atoms with E-state index in [9.17, 15) is 18.0 Å². The zero-order chi connectivity index (χ0) is 14.9.